The Hall–Kier alpha value is -0.300. The molecule has 1 fully saturated rings. The number of nitrogens with one attached hydrogen (secondary N) is 1. The molecular weight excluding hydrogens is 122 g/mol. The molecule has 1 heteroatoms. The molecule has 0 aliphatic carbocycles. The van der Waals surface area contributed by atoms with Crippen LogP contribution in [0.2, 0.25) is 0 Å². The van der Waals surface area contributed by atoms with Gasteiger partial charge < -0.3 is 5.32 Å². The first-order valence-corrected chi connectivity index (χ1v) is 4.24. The molecule has 0 aromatic carbocycles. The van der Waals surface area contributed by atoms with Crippen LogP contribution in [-0.4, -0.2) is 12.6 Å². The monoisotopic (exact) mass is 139 g/mol. The van der Waals surface area contributed by atoms with Gasteiger partial charge in [0.1, 0.15) is 0 Å². The summed E-state index contributed by atoms with van der Waals surface area (Å²) in [7, 11) is 0. The molecule has 0 spiro atoms. The molecule has 1 atom stereocenters. The number of hydrogen-bond donors (Lipinski definition) is 1. The van der Waals surface area contributed by atoms with Gasteiger partial charge in [0.2, 0.25) is 0 Å². The minimum absolute atomic E-state index is 0.694. The summed E-state index contributed by atoms with van der Waals surface area (Å²) in [5, 5.41) is 3.47. The molecule has 0 saturated carbocycles. The molecule has 1 nitrogen and oxygen atoms in total. The minimum Gasteiger partial charge on any atom is -0.310 e. The maximum Gasteiger partial charge on any atom is 0.0277 e. The fraction of sp³-hybridized carbons (Fsp3) is 0.778. The first kappa shape index (κ1) is 7.80. The average molecular weight is 139 g/mol. The Labute approximate surface area is 63.5 Å². The van der Waals surface area contributed by atoms with Crippen molar-refractivity contribution in [1.82, 2.24) is 5.32 Å². The van der Waals surface area contributed by atoms with Gasteiger partial charge in [0.25, 0.3) is 0 Å². The van der Waals surface area contributed by atoms with Crippen LogP contribution in [0.5, 0.6) is 0 Å². The lowest BCUT2D eigenvalue weighted by Crippen LogP contribution is -2.22. The summed E-state index contributed by atoms with van der Waals surface area (Å²) in [4.78, 5) is 0. The van der Waals surface area contributed by atoms with Crippen LogP contribution >= 0.6 is 0 Å². The zero-order chi connectivity index (χ0) is 7.40. The van der Waals surface area contributed by atoms with E-state index in [1.807, 2.05) is 0 Å². The summed E-state index contributed by atoms with van der Waals surface area (Å²) >= 11 is 0. The van der Waals surface area contributed by atoms with Gasteiger partial charge in [0, 0.05) is 6.04 Å². The standard InChI is InChI=1S/C9H17N/c1-3-5-8(2)9-6-4-7-10-9/h5,9-10H,3-4,6-7H2,1-2H3/b8-5-. The molecule has 0 amide bonds. The number of hydrogen-bond acceptors (Lipinski definition) is 1. The average Bonchev–Trinajstić information content (AvgIpc) is 2.38. The second-order valence-electron chi connectivity index (χ2n) is 3.01. The Morgan fingerprint density at radius 3 is 3.00 bits per heavy atom. The van der Waals surface area contributed by atoms with Crippen LogP contribution in [0.25, 0.3) is 0 Å². The molecule has 1 aliphatic heterocycles. The van der Waals surface area contributed by atoms with Crippen molar-refractivity contribution in [2.24, 2.45) is 0 Å². The summed E-state index contributed by atoms with van der Waals surface area (Å²) in [6.45, 7) is 5.63. The second kappa shape index (κ2) is 3.77. The van der Waals surface area contributed by atoms with E-state index in [2.05, 4.69) is 25.2 Å². The van der Waals surface area contributed by atoms with Crippen molar-refractivity contribution in [1.29, 1.82) is 0 Å². The number of rotatable bonds is 2. The summed E-state index contributed by atoms with van der Waals surface area (Å²) in [5.74, 6) is 0. The van der Waals surface area contributed by atoms with Crippen LogP contribution in [0.3, 0.4) is 0 Å². The summed E-state index contributed by atoms with van der Waals surface area (Å²) in [6, 6.07) is 0.694. The lowest BCUT2D eigenvalue weighted by molar-refractivity contribution is 0.686. The number of allylic oxidation sites excluding steroid dienone is 1. The summed E-state index contributed by atoms with van der Waals surface area (Å²) in [5.41, 5.74) is 1.53. The zero-order valence-electron chi connectivity index (χ0n) is 6.98. The van der Waals surface area contributed by atoms with E-state index in [0.29, 0.717) is 6.04 Å². The smallest absolute Gasteiger partial charge is 0.0277 e. The van der Waals surface area contributed by atoms with E-state index in [9.17, 15) is 0 Å². The predicted octanol–water partition coefficient (Wildman–Crippen LogP) is 2.09. The second-order valence-corrected chi connectivity index (χ2v) is 3.01. The van der Waals surface area contributed by atoms with Crippen molar-refractivity contribution in [2.75, 3.05) is 6.54 Å². The molecule has 1 N–H and O–H groups in total. The predicted molar refractivity (Wildman–Crippen MR) is 45.1 cm³/mol. The molecule has 1 heterocycles. The Balaban J connectivity index is 2.39. The fourth-order valence-electron chi connectivity index (χ4n) is 1.54. The van der Waals surface area contributed by atoms with Gasteiger partial charge in [0.15, 0.2) is 0 Å². The summed E-state index contributed by atoms with van der Waals surface area (Å²) < 4.78 is 0. The molecule has 1 aliphatic rings. The SMILES string of the molecule is CC/C=C(/C)C1CCCN1. The lowest BCUT2D eigenvalue weighted by atomic mass is 10.1. The Kier molecular flexibility index (Phi) is 2.94. The van der Waals surface area contributed by atoms with Gasteiger partial charge in [-0.2, -0.15) is 0 Å². The molecule has 0 radical (unpaired) electrons. The minimum atomic E-state index is 0.694. The summed E-state index contributed by atoms with van der Waals surface area (Å²) in [6.07, 6.45) is 6.18. The highest BCUT2D eigenvalue weighted by Crippen LogP contribution is 2.13. The van der Waals surface area contributed by atoms with Gasteiger partial charge in [-0.05, 0) is 32.7 Å². The zero-order valence-corrected chi connectivity index (χ0v) is 6.98. The third kappa shape index (κ3) is 1.84. The molecular formula is C9H17N. The van der Waals surface area contributed by atoms with Crippen molar-refractivity contribution in [3.63, 3.8) is 0 Å². The molecule has 0 bridgehead atoms. The van der Waals surface area contributed by atoms with Crippen molar-refractivity contribution in [2.45, 2.75) is 39.2 Å². The van der Waals surface area contributed by atoms with Crippen LogP contribution in [0.1, 0.15) is 33.1 Å². The topological polar surface area (TPSA) is 12.0 Å². The van der Waals surface area contributed by atoms with Gasteiger partial charge in [-0.3, -0.25) is 0 Å². The van der Waals surface area contributed by atoms with E-state index in [1.54, 1.807) is 0 Å². The first-order valence-electron chi connectivity index (χ1n) is 4.24. The van der Waals surface area contributed by atoms with Crippen LogP contribution < -0.4 is 5.32 Å². The quantitative estimate of drug-likeness (QED) is 0.578. The van der Waals surface area contributed by atoms with E-state index in [1.165, 1.54) is 31.4 Å². The van der Waals surface area contributed by atoms with Crippen molar-refractivity contribution >= 4 is 0 Å². The largest absolute Gasteiger partial charge is 0.310 e. The fourth-order valence-corrected chi connectivity index (χ4v) is 1.54. The Morgan fingerprint density at radius 1 is 1.70 bits per heavy atom. The van der Waals surface area contributed by atoms with Crippen LogP contribution in [0.15, 0.2) is 11.6 Å². The van der Waals surface area contributed by atoms with Crippen LogP contribution in [0.4, 0.5) is 0 Å². The maximum atomic E-state index is 3.47. The maximum absolute atomic E-state index is 3.47. The van der Waals surface area contributed by atoms with E-state index < -0.39 is 0 Å². The third-order valence-corrected chi connectivity index (χ3v) is 2.14. The van der Waals surface area contributed by atoms with Crippen LogP contribution in [-0.2, 0) is 0 Å². The molecule has 0 aromatic rings. The normalized spacial score (nSPS) is 27.4. The van der Waals surface area contributed by atoms with Gasteiger partial charge in [0.05, 0.1) is 0 Å². The highest BCUT2D eigenvalue weighted by atomic mass is 14.9. The van der Waals surface area contributed by atoms with Gasteiger partial charge >= 0.3 is 0 Å². The molecule has 1 rings (SSSR count). The van der Waals surface area contributed by atoms with Crippen molar-refractivity contribution < 1.29 is 0 Å². The Bertz CT molecular complexity index is 121. The Morgan fingerprint density at radius 2 is 2.50 bits per heavy atom. The van der Waals surface area contributed by atoms with Gasteiger partial charge in [-0.25, -0.2) is 0 Å². The van der Waals surface area contributed by atoms with Crippen molar-refractivity contribution in [3.8, 4) is 0 Å². The first-order chi connectivity index (χ1) is 4.84. The lowest BCUT2D eigenvalue weighted by Gasteiger charge is -2.09. The molecule has 58 valence electrons. The van der Waals surface area contributed by atoms with Crippen molar-refractivity contribution in [3.05, 3.63) is 11.6 Å². The third-order valence-electron chi connectivity index (χ3n) is 2.14. The molecule has 0 aromatic heterocycles. The molecule has 1 saturated heterocycles. The molecule has 10 heavy (non-hydrogen) atoms. The van der Waals surface area contributed by atoms with E-state index in [-0.39, 0.29) is 0 Å². The van der Waals surface area contributed by atoms with Gasteiger partial charge in [-0.1, -0.05) is 18.6 Å². The van der Waals surface area contributed by atoms with Crippen LogP contribution in [0, 0.1) is 0 Å². The molecule has 1 unspecified atom stereocenters. The van der Waals surface area contributed by atoms with E-state index in [0.717, 1.165) is 0 Å². The highest BCUT2D eigenvalue weighted by Gasteiger charge is 2.14. The van der Waals surface area contributed by atoms with E-state index in [4.69, 9.17) is 0 Å². The van der Waals surface area contributed by atoms with E-state index >= 15 is 0 Å². The highest BCUT2D eigenvalue weighted by molar-refractivity contribution is 5.08. The van der Waals surface area contributed by atoms with Gasteiger partial charge in [-0.15, -0.1) is 0 Å².